The molecule has 2 aromatic carbocycles. The molecule has 2 amide bonds. The number of amides is 2. The summed E-state index contributed by atoms with van der Waals surface area (Å²) in [4.78, 5) is 24.6. The summed E-state index contributed by atoms with van der Waals surface area (Å²) in [5.74, 6) is -0.143. The van der Waals surface area contributed by atoms with E-state index in [9.17, 15) is 9.59 Å². The van der Waals surface area contributed by atoms with E-state index in [0.717, 1.165) is 16.8 Å². The zero-order chi connectivity index (χ0) is 18.7. The molecule has 0 aromatic heterocycles. The van der Waals surface area contributed by atoms with E-state index >= 15 is 0 Å². The van der Waals surface area contributed by atoms with E-state index in [1.165, 1.54) is 11.1 Å². The standard InChI is InChI=1S/C22H26N2O2/c1-14-8-9-15(2)19(12-14)16(3)23-21(25)11-10-18-13-17-6-4-5-7-20(17)24-22(18)26/h4-9,12,16,18H,10-11,13H2,1-3H3,(H,23,25)(H,24,26). The maximum Gasteiger partial charge on any atom is 0.227 e. The van der Waals surface area contributed by atoms with E-state index in [-0.39, 0.29) is 23.8 Å². The lowest BCUT2D eigenvalue weighted by Crippen LogP contribution is -2.32. The third-order valence-electron chi connectivity index (χ3n) is 5.11. The van der Waals surface area contributed by atoms with Crippen LogP contribution in [0.15, 0.2) is 42.5 Å². The SMILES string of the molecule is Cc1ccc(C)c(C(C)NC(=O)CCC2Cc3ccccc3NC2=O)c1. The minimum Gasteiger partial charge on any atom is -0.350 e. The lowest BCUT2D eigenvalue weighted by atomic mass is 9.89. The number of rotatable bonds is 5. The summed E-state index contributed by atoms with van der Waals surface area (Å²) in [6, 6.07) is 14.1. The summed E-state index contributed by atoms with van der Waals surface area (Å²) < 4.78 is 0. The molecule has 0 saturated heterocycles. The fourth-order valence-corrected chi connectivity index (χ4v) is 3.57. The first-order valence-corrected chi connectivity index (χ1v) is 9.19. The fraction of sp³-hybridized carbons (Fsp3) is 0.364. The van der Waals surface area contributed by atoms with E-state index in [1.807, 2.05) is 31.2 Å². The Hall–Kier alpha value is -2.62. The summed E-state index contributed by atoms with van der Waals surface area (Å²) >= 11 is 0. The van der Waals surface area contributed by atoms with Gasteiger partial charge in [0.15, 0.2) is 0 Å². The molecule has 2 atom stereocenters. The summed E-state index contributed by atoms with van der Waals surface area (Å²) in [6.07, 6.45) is 1.61. The number of anilines is 1. The van der Waals surface area contributed by atoms with Gasteiger partial charge >= 0.3 is 0 Å². The van der Waals surface area contributed by atoms with Gasteiger partial charge in [-0.05, 0) is 56.4 Å². The van der Waals surface area contributed by atoms with Crippen LogP contribution in [0.3, 0.4) is 0 Å². The highest BCUT2D eigenvalue weighted by atomic mass is 16.2. The monoisotopic (exact) mass is 350 g/mol. The molecule has 1 aliphatic heterocycles. The number of benzene rings is 2. The van der Waals surface area contributed by atoms with Crippen molar-refractivity contribution in [1.82, 2.24) is 5.32 Å². The molecule has 26 heavy (non-hydrogen) atoms. The number of para-hydroxylation sites is 1. The topological polar surface area (TPSA) is 58.2 Å². The maximum atomic E-state index is 12.4. The van der Waals surface area contributed by atoms with Gasteiger partial charge in [-0.2, -0.15) is 0 Å². The largest absolute Gasteiger partial charge is 0.350 e. The van der Waals surface area contributed by atoms with Gasteiger partial charge in [0.2, 0.25) is 11.8 Å². The molecule has 2 unspecified atom stereocenters. The highest BCUT2D eigenvalue weighted by Crippen LogP contribution is 2.27. The Morgan fingerprint density at radius 3 is 2.81 bits per heavy atom. The maximum absolute atomic E-state index is 12.4. The van der Waals surface area contributed by atoms with Crippen molar-refractivity contribution in [1.29, 1.82) is 0 Å². The average Bonchev–Trinajstić information content (AvgIpc) is 2.61. The second-order valence-electron chi connectivity index (χ2n) is 7.24. The summed E-state index contributed by atoms with van der Waals surface area (Å²) in [5.41, 5.74) is 5.53. The van der Waals surface area contributed by atoms with Crippen LogP contribution in [0.25, 0.3) is 0 Å². The van der Waals surface area contributed by atoms with Crippen LogP contribution < -0.4 is 10.6 Å². The first kappa shape index (κ1) is 18.2. The Balaban J connectivity index is 1.56. The Bertz CT molecular complexity index is 829. The highest BCUT2D eigenvalue weighted by molar-refractivity contribution is 5.96. The Labute approximate surface area is 155 Å². The number of aryl methyl sites for hydroxylation is 2. The van der Waals surface area contributed by atoms with Crippen molar-refractivity contribution < 1.29 is 9.59 Å². The van der Waals surface area contributed by atoms with Crippen molar-refractivity contribution in [2.75, 3.05) is 5.32 Å². The predicted molar refractivity (Wildman–Crippen MR) is 104 cm³/mol. The molecule has 0 saturated carbocycles. The van der Waals surface area contributed by atoms with Crippen molar-refractivity contribution in [3.8, 4) is 0 Å². The number of nitrogens with one attached hydrogen (secondary N) is 2. The van der Waals surface area contributed by atoms with Crippen molar-refractivity contribution in [3.05, 3.63) is 64.7 Å². The second-order valence-corrected chi connectivity index (χ2v) is 7.24. The molecule has 2 aromatic rings. The molecule has 2 N–H and O–H groups in total. The zero-order valence-corrected chi connectivity index (χ0v) is 15.6. The van der Waals surface area contributed by atoms with Gasteiger partial charge in [-0.3, -0.25) is 9.59 Å². The molecule has 1 aliphatic rings. The number of hydrogen-bond donors (Lipinski definition) is 2. The lowest BCUT2D eigenvalue weighted by Gasteiger charge is -2.24. The molecule has 3 rings (SSSR count). The molecule has 1 heterocycles. The number of carbonyl (C=O) groups excluding carboxylic acids is 2. The van der Waals surface area contributed by atoms with Gasteiger partial charge in [-0.15, -0.1) is 0 Å². The van der Waals surface area contributed by atoms with Crippen molar-refractivity contribution >= 4 is 17.5 Å². The Morgan fingerprint density at radius 1 is 1.23 bits per heavy atom. The molecule has 0 radical (unpaired) electrons. The van der Waals surface area contributed by atoms with Crippen LogP contribution in [0.2, 0.25) is 0 Å². The molecule has 4 nitrogen and oxygen atoms in total. The zero-order valence-electron chi connectivity index (χ0n) is 15.6. The van der Waals surface area contributed by atoms with Crippen molar-refractivity contribution in [2.45, 2.75) is 46.1 Å². The van der Waals surface area contributed by atoms with Crippen LogP contribution >= 0.6 is 0 Å². The van der Waals surface area contributed by atoms with Crippen molar-refractivity contribution in [3.63, 3.8) is 0 Å². The summed E-state index contributed by atoms with van der Waals surface area (Å²) in [7, 11) is 0. The van der Waals surface area contributed by atoms with E-state index in [4.69, 9.17) is 0 Å². The first-order valence-electron chi connectivity index (χ1n) is 9.19. The Kier molecular flexibility index (Phi) is 5.40. The number of fused-ring (bicyclic) bond motifs is 1. The Morgan fingerprint density at radius 2 is 2.00 bits per heavy atom. The van der Waals surface area contributed by atoms with E-state index in [0.29, 0.717) is 19.3 Å². The average molecular weight is 350 g/mol. The van der Waals surface area contributed by atoms with Crippen LogP contribution in [-0.4, -0.2) is 11.8 Å². The summed E-state index contributed by atoms with van der Waals surface area (Å²) in [5, 5.41) is 6.01. The molecular weight excluding hydrogens is 324 g/mol. The third-order valence-corrected chi connectivity index (χ3v) is 5.11. The van der Waals surface area contributed by atoms with Crippen molar-refractivity contribution in [2.24, 2.45) is 5.92 Å². The van der Waals surface area contributed by atoms with E-state index in [1.54, 1.807) is 0 Å². The van der Waals surface area contributed by atoms with Gasteiger partial charge in [-0.25, -0.2) is 0 Å². The third kappa shape index (κ3) is 4.13. The number of hydrogen-bond acceptors (Lipinski definition) is 2. The lowest BCUT2D eigenvalue weighted by molar-refractivity contribution is -0.123. The quantitative estimate of drug-likeness (QED) is 0.854. The first-order chi connectivity index (χ1) is 12.4. The fourth-order valence-electron chi connectivity index (χ4n) is 3.57. The van der Waals surface area contributed by atoms with Crippen LogP contribution in [0.4, 0.5) is 5.69 Å². The van der Waals surface area contributed by atoms with E-state index in [2.05, 4.69) is 42.7 Å². The van der Waals surface area contributed by atoms with Gasteiger partial charge in [0, 0.05) is 18.0 Å². The molecule has 0 spiro atoms. The predicted octanol–water partition coefficient (Wildman–Crippen LogP) is 4.07. The number of carbonyl (C=O) groups is 2. The second kappa shape index (κ2) is 7.73. The smallest absolute Gasteiger partial charge is 0.227 e. The normalized spacial score (nSPS) is 17.2. The molecular formula is C22H26N2O2. The van der Waals surface area contributed by atoms with E-state index < -0.39 is 0 Å². The van der Waals surface area contributed by atoms with Crippen LogP contribution in [0, 0.1) is 19.8 Å². The summed E-state index contributed by atoms with van der Waals surface area (Å²) in [6.45, 7) is 6.11. The molecule has 0 bridgehead atoms. The van der Waals surface area contributed by atoms with Gasteiger partial charge in [0.05, 0.1) is 6.04 Å². The van der Waals surface area contributed by atoms with Crippen LogP contribution in [-0.2, 0) is 16.0 Å². The van der Waals surface area contributed by atoms with Gasteiger partial charge in [0.25, 0.3) is 0 Å². The molecule has 136 valence electrons. The molecule has 0 fully saturated rings. The minimum atomic E-state index is -0.147. The molecule has 4 heteroatoms. The minimum absolute atomic E-state index is 0.00920. The van der Waals surface area contributed by atoms with Gasteiger partial charge in [-0.1, -0.05) is 42.0 Å². The van der Waals surface area contributed by atoms with Gasteiger partial charge in [0.1, 0.15) is 0 Å². The van der Waals surface area contributed by atoms with Gasteiger partial charge < -0.3 is 10.6 Å². The highest BCUT2D eigenvalue weighted by Gasteiger charge is 2.26. The molecule has 0 aliphatic carbocycles. The van der Waals surface area contributed by atoms with Crippen LogP contribution in [0.5, 0.6) is 0 Å². The van der Waals surface area contributed by atoms with Crippen LogP contribution in [0.1, 0.15) is 48.1 Å².